The van der Waals surface area contributed by atoms with Crippen molar-refractivity contribution in [3.63, 3.8) is 0 Å². The van der Waals surface area contributed by atoms with Crippen molar-refractivity contribution in [1.82, 2.24) is 9.80 Å². The summed E-state index contributed by atoms with van der Waals surface area (Å²) in [5.74, 6) is -1.25. The first-order chi connectivity index (χ1) is 15.0. The van der Waals surface area contributed by atoms with E-state index in [0.717, 1.165) is 41.2 Å². The number of para-hydroxylation sites is 1. The molecule has 5 amide bonds. The van der Waals surface area contributed by atoms with Crippen molar-refractivity contribution < 1.29 is 24.1 Å². The second-order valence-corrected chi connectivity index (χ2v) is 9.06. The minimum Gasteiger partial charge on any atom is -0.326 e. The zero-order chi connectivity index (χ0) is 22.0. The summed E-state index contributed by atoms with van der Waals surface area (Å²) in [6.07, 6.45) is 5.18. The fourth-order valence-corrected chi connectivity index (χ4v) is 5.07. The van der Waals surface area contributed by atoms with Gasteiger partial charge in [0, 0.05) is 30.5 Å². The predicted octanol–water partition coefficient (Wildman–Crippen LogP) is 1.25. The molecule has 0 bridgehead atoms. The van der Waals surface area contributed by atoms with E-state index in [1.54, 1.807) is 0 Å². The van der Waals surface area contributed by atoms with Crippen LogP contribution >= 0.6 is 0 Å². The normalized spacial score (nSPS) is 29.4. The molecule has 0 radical (unpaired) electrons. The van der Waals surface area contributed by atoms with Crippen LogP contribution in [0.1, 0.15) is 45.4 Å². The standard InChI is InChI=1S/C23H30N4O4/c1-16-7-5-6-10-19(16)27-22(30)21(29)26(23(27)31)15-25-13-11-17(12-14-25)20(28)24-18-8-3-2-4-9-18/h2-4,8-9,16-17,19H,5-7,10-15H2,1H3,(H,24,28)/p+1/t16-,19+/m0/s1. The highest BCUT2D eigenvalue weighted by Gasteiger charge is 2.50. The van der Waals surface area contributed by atoms with E-state index in [1.807, 2.05) is 37.3 Å². The number of amides is 5. The van der Waals surface area contributed by atoms with Crippen molar-refractivity contribution >= 4 is 29.4 Å². The van der Waals surface area contributed by atoms with Crippen molar-refractivity contribution in [2.45, 2.75) is 51.5 Å². The van der Waals surface area contributed by atoms with Crippen LogP contribution in [0, 0.1) is 11.8 Å². The van der Waals surface area contributed by atoms with Crippen LogP contribution in [0.15, 0.2) is 30.3 Å². The molecule has 1 aromatic carbocycles. The Kier molecular flexibility index (Phi) is 6.36. The van der Waals surface area contributed by atoms with Crippen molar-refractivity contribution in [2.75, 3.05) is 25.1 Å². The molecule has 2 aliphatic heterocycles. The quantitative estimate of drug-likeness (QED) is 0.547. The SMILES string of the molecule is C[C@H]1CCCC[C@H]1N1C(=O)C(=O)N(C[NH+]2CCC(C(=O)Nc3ccccc3)CC2)C1=O. The molecule has 1 aliphatic carbocycles. The van der Waals surface area contributed by atoms with Crippen molar-refractivity contribution in [1.29, 1.82) is 0 Å². The van der Waals surface area contributed by atoms with E-state index >= 15 is 0 Å². The maximum Gasteiger partial charge on any atom is 0.338 e. The number of hydrogen-bond donors (Lipinski definition) is 2. The smallest absolute Gasteiger partial charge is 0.326 e. The van der Waals surface area contributed by atoms with Crippen LogP contribution < -0.4 is 10.2 Å². The molecule has 0 aromatic heterocycles. The number of hydrogen-bond acceptors (Lipinski definition) is 4. The molecule has 3 aliphatic rings. The summed E-state index contributed by atoms with van der Waals surface area (Å²) in [7, 11) is 0. The van der Waals surface area contributed by atoms with Gasteiger partial charge in [-0.3, -0.25) is 19.3 Å². The maximum atomic E-state index is 13.0. The Morgan fingerprint density at radius 1 is 1.00 bits per heavy atom. The Balaban J connectivity index is 1.32. The molecular weight excluding hydrogens is 396 g/mol. The molecule has 2 heterocycles. The summed E-state index contributed by atoms with van der Waals surface area (Å²) in [5, 5.41) is 2.95. The van der Waals surface area contributed by atoms with E-state index in [-0.39, 0.29) is 30.5 Å². The van der Waals surface area contributed by atoms with Gasteiger partial charge in [0.05, 0.1) is 13.1 Å². The number of quaternary nitrogens is 1. The van der Waals surface area contributed by atoms with Crippen LogP contribution in [-0.2, 0) is 14.4 Å². The number of benzene rings is 1. The number of carbonyl (C=O) groups is 4. The second kappa shape index (κ2) is 9.18. The fourth-order valence-electron chi connectivity index (χ4n) is 5.07. The molecule has 4 rings (SSSR count). The Morgan fingerprint density at radius 3 is 2.35 bits per heavy atom. The number of urea groups is 1. The van der Waals surface area contributed by atoms with Gasteiger partial charge in [0.25, 0.3) is 0 Å². The minimum absolute atomic E-state index is 0.00575. The van der Waals surface area contributed by atoms with E-state index in [4.69, 9.17) is 0 Å². The van der Waals surface area contributed by atoms with Crippen molar-refractivity contribution in [3.05, 3.63) is 30.3 Å². The third-order valence-electron chi connectivity index (χ3n) is 6.97. The molecular formula is C23H31N4O4+. The van der Waals surface area contributed by atoms with Gasteiger partial charge in [-0.05, 0) is 30.9 Å². The van der Waals surface area contributed by atoms with Gasteiger partial charge in [-0.2, -0.15) is 0 Å². The minimum atomic E-state index is -0.709. The van der Waals surface area contributed by atoms with Crippen LogP contribution in [0.25, 0.3) is 0 Å². The van der Waals surface area contributed by atoms with Crippen LogP contribution in [0.2, 0.25) is 0 Å². The van der Waals surface area contributed by atoms with E-state index in [2.05, 4.69) is 5.32 Å². The van der Waals surface area contributed by atoms with Crippen LogP contribution in [0.5, 0.6) is 0 Å². The van der Waals surface area contributed by atoms with Gasteiger partial charge in [0.1, 0.15) is 0 Å². The number of rotatable bonds is 5. The molecule has 2 saturated heterocycles. The lowest BCUT2D eigenvalue weighted by Gasteiger charge is -2.34. The highest BCUT2D eigenvalue weighted by atomic mass is 16.2. The number of likely N-dealkylation sites (tertiary alicyclic amines) is 1. The number of anilines is 1. The molecule has 3 fully saturated rings. The third-order valence-corrected chi connectivity index (χ3v) is 6.97. The van der Waals surface area contributed by atoms with Gasteiger partial charge in [-0.15, -0.1) is 0 Å². The second-order valence-electron chi connectivity index (χ2n) is 9.06. The van der Waals surface area contributed by atoms with E-state index in [9.17, 15) is 19.2 Å². The summed E-state index contributed by atoms with van der Waals surface area (Å²) in [5.41, 5.74) is 0.783. The zero-order valence-electron chi connectivity index (χ0n) is 18.0. The molecule has 2 atom stereocenters. The summed E-state index contributed by atoms with van der Waals surface area (Å²) < 4.78 is 0. The Hall–Kier alpha value is -2.74. The highest BCUT2D eigenvalue weighted by Crippen LogP contribution is 2.31. The van der Waals surface area contributed by atoms with Gasteiger partial charge in [0.15, 0.2) is 6.67 Å². The third kappa shape index (κ3) is 4.49. The molecule has 0 spiro atoms. The summed E-state index contributed by atoms with van der Waals surface area (Å²) in [4.78, 5) is 54.0. The average Bonchev–Trinajstić information content (AvgIpc) is 2.98. The number of imide groups is 2. The first kappa shape index (κ1) is 21.5. The molecule has 2 N–H and O–H groups in total. The lowest BCUT2D eigenvalue weighted by Crippen LogP contribution is -3.14. The van der Waals surface area contributed by atoms with E-state index in [0.29, 0.717) is 25.9 Å². The molecule has 1 aromatic rings. The largest absolute Gasteiger partial charge is 0.338 e. The molecule has 31 heavy (non-hydrogen) atoms. The zero-order valence-corrected chi connectivity index (χ0v) is 18.0. The van der Waals surface area contributed by atoms with Crippen molar-refractivity contribution in [3.8, 4) is 0 Å². The summed E-state index contributed by atoms with van der Waals surface area (Å²) >= 11 is 0. The van der Waals surface area contributed by atoms with Gasteiger partial charge >= 0.3 is 17.8 Å². The Morgan fingerprint density at radius 2 is 1.68 bits per heavy atom. The fraction of sp³-hybridized carbons (Fsp3) is 0.565. The monoisotopic (exact) mass is 427 g/mol. The maximum absolute atomic E-state index is 13.0. The summed E-state index contributed by atoms with van der Waals surface area (Å²) in [6, 6.07) is 8.74. The Bertz CT molecular complexity index is 850. The lowest BCUT2D eigenvalue weighted by molar-refractivity contribution is -0.912. The number of carbonyl (C=O) groups excluding carboxylic acids is 4. The van der Waals surface area contributed by atoms with Crippen LogP contribution in [-0.4, -0.2) is 59.4 Å². The summed E-state index contributed by atoms with van der Waals surface area (Å²) in [6.45, 7) is 3.60. The first-order valence-electron chi connectivity index (χ1n) is 11.3. The van der Waals surface area contributed by atoms with Gasteiger partial charge < -0.3 is 10.2 Å². The van der Waals surface area contributed by atoms with E-state index < -0.39 is 17.8 Å². The molecule has 8 heteroatoms. The van der Waals surface area contributed by atoms with E-state index in [1.165, 1.54) is 4.90 Å². The number of nitrogens with zero attached hydrogens (tertiary/aromatic N) is 2. The Labute approximate surface area is 182 Å². The first-order valence-corrected chi connectivity index (χ1v) is 11.3. The van der Waals surface area contributed by atoms with Gasteiger partial charge in [-0.1, -0.05) is 38.0 Å². The van der Waals surface area contributed by atoms with Gasteiger partial charge in [0.2, 0.25) is 5.91 Å². The molecule has 1 saturated carbocycles. The van der Waals surface area contributed by atoms with Crippen LogP contribution in [0.3, 0.4) is 0 Å². The highest BCUT2D eigenvalue weighted by molar-refractivity contribution is 6.44. The van der Waals surface area contributed by atoms with Crippen molar-refractivity contribution in [2.24, 2.45) is 11.8 Å². The topological polar surface area (TPSA) is 91.2 Å². The molecule has 8 nitrogen and oxygen atoms in total. The lowest BCUT2D eigenvalue weighted by atomic mass is 9.85. The number of nitrogens with one attached hydrogen (secondary N) is 2. The average molecular weight is 428 g/mol. The molecule has 0 unspecified atom stereocenters. The predicted molar refractivity (Wildman–Crippen MR) is 114 cm³/mol. The molecule has 166 valence electrons. The number of piperidine rings is 1. The van der Waals surface area contributed by atoms with Crippen LogP contribution in [0.4, 0.5) is 10.5 Å². The van der Waals surface area contributed by atoms with Gasteiger partial charge in [-0.25, -0.2) is 9.69 Å².